The Morgan fingerprint density at radius 2 is 1.76 bits per heavy atom. The SMILES string of the molecule is O=NC(=O)C1CCN(CC2=C(c3ccc(Cl)cc3)NC3C=CC(c4ccccc4)=CN23)CC1. The number of nitrogens with one attached hydrogen (secondary N) is 1. The summed E-state index contributed by atoms with van der Waals surface area (Å²) in [4.78, 5) is 27.0. The molecule has 0 aromatic heterocycles. The van der Waals surface area contributed by atoms with E-state index in [0.29, 0.717) is 17.9 Å². The Hall–Kier alpha value is -3.22. The predicted molar refractivity (Wildman–Crippen MR) is 131 cm³/mol. The van der Waals surface area contributed by atoms with E-state index < -0.39 is 5.91 Å². The summed E-state index contributed by atoms with van der Waals surface area (Å²) in [6.45, 7) is 2.25. The second kappa shape index (κ2) is 9.33. The van der Waals surface area contributed by atoms with Crippen LogP contribution < -0.4 is 5.32 Å². The number of hydrogen-bond donors (Lipinski definition) is 1. The Morgan fingerprint density at radius 3 is 2.45 bits per heavy atom. The quantitative estimate of drug-likeness (QED) is 0.646. The minimum Gasteiger partial charge on any atom is -0.360 e. The van der Waals surface area contributed by atoms with Crippen molar-refractivity contribution in [3.63, 3.8) is 0 Å². The van der Waals surface area contributed by atoms with Crippen LogP contribution in [0.25, 0.3) is 11.3 Å². The van der Waals surface area contributed by atoms with Crippen LogP contribution in [0.15, 0.2) is 83.8 Å². The molecule has 1 saturated heterocycles. The summed E-state index contributed by atoms with van der Waals surface area (Å²) in [5.74, 6) is -0.768. The van der Waals surface area contributed by atoms with E-state index in [4.69, 9.17) is 11.6 Å². The number of nitrogens with zero attached hydrogens (tertiary/aromatic N) is 3. The minimum atomic E-state index is -0.519. The van der Waals surface area contributed by atoms with Crippen molar-refractivity contribution in [2.45, 2.75) is 19.0 Å². The predicted octanol–water partition coefficient (Wildman–Crippen LogP) is 4.86. The van der Waals surface area contributed by atoms with Gasteiger partial charge in [0.05, 0.1) is 11.4 Å². The molecule has 2 aromatic carbocycles. The van der Waals surface area contributed by atoms with E-state index in [1.54, 1.807) is 0 Å². The van der Waals surface area contributed by atoms with Gasteiger partial charge in [0.25, 0.3) is 5.91 Å². The molecule has 3 heterocycles. The lowest BCUT2D eigenvalue weighted by atomic mass is 9.96. The minimum absolute atomic E-state index is 0.0384. The second-order valence-corrected chi connectivity index (χ2v) is 9.05. The Bertz CT molecular complexity index is 1130. The standard InChI is InChI=1S/C26H25ClN4O2/c27-22-9-6-19(7-10-22)25-23(17-30-14-12-20(13-15-30)26(32)29-33)31-16-21(8-11-24(31)28-25)18-4-2-1-3-5-18/h1-11,16,20,24,28H,12-15,17H2. The van der Waals surface area contributed by atoms with E-state index in [-0.39, 0.29) is 12.1 Å². The summed E-state index contributed by atoms with van der Waals surface area (Å²) in [5, 5.41) is 7.01. The molecular formula is C26H25ClN4O2. The normalized spacial score (nSPS) is 20.9. The summed E-state index contributed by atoms with van der Waals surface area (Å²) in [7, 11) is 0. The topological polar surface area (TPSA) is 65.0 Å². The van der Waals surface area contributed by atoms with Crippen molar-refractivity contribution >= 4 is 28.8 Å². The van der Waals surface area contributed by atoms with E-state index in [2.05, 4.69) is 50.8 Å². The van der Waals surface area contributed by atoms with E-state index in [0.717, 1.165) is 36.5 Å². The number of hydrogen-bond acceptors (Lipinski definition) is 5. The van der Waals surface area contributed by atoms with Gasteiger partial charge in [0, 0.05) is 28.9 Å². The van der Waals surface area contributed by atoms with Crippen molar-refractivity contribution < 1.29 is 4.79 Å². The molecule has 0 aliphatic carbocycles. The number of carbonyl (C=O) groups is 1. The van der Waals surface area contributed by atoms with Gasteiger partial charge in [-0.05, 0) is 60.8 Å². The van der Waals surface area contributed by atoms with E-state index in [9.17, 15) is 9.70 Å². The molecule has 1 atom stereocenters. The van der Waals surface area contributed by atoms with Crippen molar-refractivity contribution in [3.05, 3.63) is 99.7 Å². The molecule has 0 spiro atoms. The van der Waals surface area contributed by atoms with Crippen molar-refractivity contribution in [2.75, 3.05) is 19.6 Å². The molecule has 7 heteroatoms. The maximum atomic E-state index is 11.7. The van der Waals surface area contributed by atoms with Gasteiger partial charge >= 0.3 is 0 Å². The molecule has 3 aliphatic heterocycles. The number of fused-ring (bicyclic) bond motifs is 1. The summed E-state index contributed by atoms with van der Waals surface area (Å²) in [6, 6.07) is 18.2. The highest BCUT2D eigenvalue weighted by Gasteiger charge is 2.34. The number of benzene rings is 2. The number of halogens is 1. The third kappa shape index (κ3) is 4.49. The zero-order valence-corrected chi connectivity index (χ0v) is 18.9. The summed E-state index contributed by atoms with van der Waals surface area (Å²) < 4.78 is 0. The number of nitroso groups, excluding NO2 is 1. The average molecular weight is 461 g/mol. The third-order valence-corrected chi connectivity index (χ3v) is 6.82. The number of likely N-dealkylation sites (tertiary alicyclic amines) is 1. The Morgan fingerprint density at radius 1 is 1.03 bits per heavy atom. The van der Waals surface area contributed by atoms with Crippen LogP contribution in [0, 0.1) is 10.8 Å². The Balaban J connectivity index is 1.45. The van der Waals surface area contributed by atoms with Crippen LogP contribution in [0.3, 0.4) is 0 Å². The average Bonchev–Trinajstić information content (AvgIpc) is 3.22. The zero-order chi connectivity index (χ0) is 22.8. The van der Waals surface area contributed by atoms with Gasteiger partial charge in [-0.15, -0.1) is 4.91 Å². The van der Waals surface area contributed by atoms with Crippen LogP contribution in [-0.4, -0.2) is 41.5 Å². The molecule has 5 rings (SSSR count). The molecule has 1 fully saturated rings. The first kappa shape index (κ1) is 21.6. The van der Waals surface area contributed by atoms with Gasteiger partial charge < -0.3 is 10.2 Å². The van der Waals surface area contributed by atoms with Crippen LogP contribution in [0.4, 0.5) is 0 Å². The van der Waals surface area contributed by atoms with Gasteiger partial charge in [-0.25, -0.2) is 0 Å². The molecule has 0 bridgehead atoms. The van der Waals surface area contributed by atoms with Crippen molar-refractivity contribution in [3.8, 4) is 0 Å². The molecule has 168 valence electrons. The van der Waals surface area contributed by atoms with Crippen LogP contribution in [-0.2, 0) is 4.79 Å². The number of carbonyl (C=O) groups excluding carboxylic acids is 1. The first-order valence-corrected chi connectivity index (χ1v) is 11.6. The Labute approximate surface area is 198 Å². The zero-order valence-electron chi connectivity index (χ0n) is 18.2. The Kier molecular flexibility index (Phi) is 6.11. The number of amides is 1. The highest BCUT2D eigenvalue weighted by atomic mass is 35.5. The van der Waals surface area contributed by atoms with Gasteiger partial charge in [-0.3, -0.25) is 9.69 Å². The molecule has 3 aliphatic rings. The monoisotopic (exact) mass is 460 g/mol. The van der Waals surface area contributed by atoms with Gasteiger partial charge in [-0.2, -0.15) is 0 Å². The number of rotatable bonds is 5. The van der Waals surface area contributed by atoms with Gasteiger partial charge in [0.15, 0.2) is 0 Å². The maximum Gasteiger partial charge on any atom is 0.289 e. The smallest absolute Gasteiger partial charge is 0.289 e. The maximum absolute atomic E-state index is 11.7. The third-order valence-electron chi connectivity index (χ3n) is 6.57. The molecule has 33 heavy (non-hydrogen) atoms. The van der Waals surface area contributed by atoms with E-state index in [1.165, 1.54) is 11.3 Å². The van der Waals surface area contributed by atoms with E-state index in [1.807, 2.05) is 42.5 Å². The lowest BCUT2D eigenvalue weighted by molar-refractivity contribution is -0.123. The summed E-state index contributed by atoms with van der Waals surface area (Å²) in [5.41, 5.74) is 5.68. The molecule has 1 N–H and O–H groups in total. The van der Waals surface area contributed by atoms with Crippen LogP contribution in [0.5, 0.6) is 0 Å². The fourth-order valence-corrected chi connectivity index (χ4v) is 4.86. The summed E-state index contributed by atoms with van der Waals surface area (Å²) >= 11 is 6.14. The number of piperidine rings is 1. The molecule has 1 amide bonds. The largest absolute Gasteiger partial charge is 0.360 e. The van der Waals surface area contributed by atoms with Crippen LogP contribution >= 0.6 is 11.6 Å². The second-order valence-electron chi connectivity index (χ2n) is 8.61. The first-order chi connectivity index (χ1) is 16.1. The fraction of sp³-hybridized carbons (Fsp3) is 0.269. The van der Waals surface area contributed by atoms with Crippen molar-refractivity contribution in [1.82, 2.24) is 15.1 Å². The summed E-state index contributed by atoms with van der Waals surface area (Å²) in [6.07, 6.45) is 7.92. The molecular weight excluding hydrogens is 436 g/mol. The molecule has 1 unspecified atom stereocenters. The fourth-order valence-electron chi connectivity index (χ4n) is 4.74. The number of allylic oxidation sites excluding steroid dienone is 2. The van der Waals surface area contributed by atoms with E-state index >= 15 is 0 Å². The highest BCUT2D eigenvalue weighted by molar-refractivity contribution is 6.30. The molecule has 6 nitrogen and oxygen atoms in total. The van der Waals surface area contributed by atoms with Gasteiger partial charge in [0.1, 0.15) is 6.17 Å². The van der Waals surface area contributed by atoms with Crippen LogP contribution in [0.2, 0.25) is 5.02 Å². The van der Waals surface area contributed by atoms with Crippen LogP contribution in [0.1, 0.15) is 24.0 Å². The van der Waals surface area contributed by atoms with Crippen molar-refractivity contribution in [2.24, 2.45) is 11.1 Å². The lowest BCUT2D eigenvalue weighted by Crippen LogP contribution is -2.40. The first-order valence-electron chi connectivity index (χ1n) is 11.2. The highest BCUT2D eigenvalue weighted by Crippen LogP contribution is 2.35. The molecule has 0 saturated carbocycles. The molecule has 0 radical (unpaired) electrons. The van der Waals surface area contributed by atoms with Gasteiger partial charge in [-0.1, -0.05) is 60.1 Å². The van der Waals surface area contributed by atoms with Crippen molar-refractivity contribution in [1.29, 1.82) is 0 Å². The molecule has 2 aromatic rings. The van der Waals surface area contributed by atoms with Gasteiger partial charge in [0.2, 0.25) is 0 Å². The lowest BCUT2D eigenvalue weighted by Gasteiger charge is -2.33.